The Hall–Kier alpha value is -1.03. The third-order valence-electron chi connectivity index (χ3n) is 2.68. The third-order valence-corrected chi connectivity index (χ3v) is 3.12. The van der Waals surface area contributed by atoms with E-state index in [1.807, 2.05) is 0 Å². The molecule has 1 aromatic rings. The van der Waals surface area contributed by atoms with Gasteiger partial charge in [0.2, 0.25) is 0 Å². The molecule has 82 valence electrons. The lowest BCUT2D eigenvalue weighted by molar-refractivity contribution is 0.410. The zero-order valence-electron chi connectivity index (χ0n) is 8.69. The van der Waals surface area contributed by atoms with Gasteiger partial charge in [0.1, 0.15) is 6.33 Å². The first kappa shape index (κ1) is 10.5. The Morgan fingerprint density at radius 3 is 3.20 bits per heavy atom. The predicted octanol–water partition coefficient (Wildman–Crippen LogP) is 1.55. The maximum atomic E-state index is 5.84. The molecule has 1 fully saturated rings. The van der Waals surface area contributed by atoms with Gasteiger partial charge in [-0.1, -0.05) is 0 Å². The summed E-state index contributed by atoms with van der Waals surface area (Å²) in [5, 5.41) is 0. The molecule has 0 radical (unpaired) electrons. The highest BCUT2D eigenvalue weighted by atomic mass is 35.5. The van der Waals surface area contributed by atoms with Gasteiger partial charge < -0.3 is 9.64 Å². The van der Waals surface area contributed by atoms with Crippen LogP contribution in [-0.4, -0.2) is 36.0 Å². The van der Waals surface area contributed by atoms with Crippen molar-refractivity contribution in [3.05, 3.63) is 12.5 Å². The van der Waals surface area contributed by atoms with E-state index in [0.29, 0.717) is 11.8 Å². The van der Waals surface area contributed by atoms with Crippen LogP contribution >= 0.6 is 11.6 Å². The molecule has 15 heavy (non-hydrogen) atoms. The summed E-state index contributed by atoms with van der Waals surface area (Å²) in [6.07, 6.45) is 4.36. The predicted molar refractivity (Wildman–Crippen MR) is 59.6 cm³/mol. The molecule has 1 unspecified atom stereocenters. The number of nitrogens with zero attached hydrogens (tertiary/aromatic N) is 3. The van der Waals surface area contributed by atoms with Crippen LogP contribution in [0.25, 0.3) is 0 Å². The number of aromatic nitrogens is 2. The Bertz CT molecular complexity index is 334. The van der Waals surface area contributed by atoms with Crippen LogP contribution in [0.15, 0.2) is 12.5 Å². The van der Waals surface area contributed by atoms with Crippen LogP contribution < -0.4 is 9.64 Å². The summed E-state index contributed by atoms with van der Waals surface area (Å²) in [6.45, 7) is 1.95. The lowest BCUT2D eigenvalue weighted by atomic mass is 10.2. The number of alkyl halides is 1. The normalized spacial score (nSPS) is 20.7. The number of anilines is 1. The van der Waals surface area contributed by atoms with E-state index in [1.165, 1.54) is 0 Å². The zero-order chi connectivity index (χ0) is 10.7. The quantitative estimate of drug-likeness (QED) is 0.735. The lowest BCUT2D eigenvalue weighted by Gasteiger charge is -2.18. The first-order chi connectivity index (χ1) is 7.35. The van der Waals surface area contributed by atoms with Crippen LogP contribution in [0.2, 0.25) is 0 Å². The van der Waals surface area contributed by atoms with E-state index in [1.54, 1.807) is 19.6 Å². The fraction of sp³-hybridized carbons (Fsp3) is 0.600. The smallest absolute Gasteiger partial charge is 0.179 e. The van der Waals surface area contributed by atoms with E-state index in [9.17, 15) is 0 Å². The summed E-state index contributed by atoms with van der Waals surface area (Å²) < 4.78 is 5.23. The maximum absolute atomic E-state index is 5.84. The van der Waals surface area contributed by atoms with Crippen molar-refractivity contribution in [1.29, 1.82) is 0 Å². The highest BCUT2D eigenvalue weighted by Crippen LogP contribution is 2.29. The van der Waals surface area contributed by atoms with Gasteiger partial charge in [0.15, 0.2) is 11.6 Å². The van der Waals surface area contributed by atoms with Gasteiger partial charge in [-0.2, -0.15) is 0 Å². The largest absolute Gasteiger partial charge is 0.491 e. The van der Waals surface area contributed by atoms with Crippen LogP contribution in [0.1, 0.15) is 6.42 Å². The average molecular weight is 228 g/mol. The summed E-state index contributed by atoms with van der Waals surface area (Å²) >= 11 is 5.84. The van der Waals surface area contributed by atoms with E-state index >= 15 is 0 Å². The van der Waals surface area contributed by atoms with E-state index < -0.39 is 0 Å². The van der Waals surface area contributed by atoms with E-state index in [-0.39, 0.29) is 0 Å². The SMILES string of the molecule is COc1cncnc1N1CCC(CCl)C1. The summed E-state index contributed by atoms with van der Waals surface area (Å²) in [5.41, 5.74) is 0. The lowest BCUT2D eigenvalue weighted by Crippen LogP contribution is -2.21. The fourth-order valence-electron chi connectivity index (χ4n) is 1.84. The maximum Gasteiger partial charge on any atom is 0.179 e. The second kappa shape index (κ2) is 4.66. The van der Waals surface area contributed by atoms with E-state index in [4.69, 9.17) is 16.3 Å². The van der Waals surface area contributed by atoms with E-state index in [0.717, 1.165) is 31.1 Å². The molecule has 1 aliphatic heterocycles. The second-order valence-electron chi connectivity index (χ2n) is 3.67. The van der Waals surface area contributed by atoms with Gasteiger partial charge in [0.05, 0.1) is 13.3 Å². The van der Waals surface area contributed by atoms with Crippen LogP contribution in [0.4, 0.5) is 5.82 Å². The Balaban J connectivity index is 2.16. The molecule has 0 aromatic carbocycles. The molecule has 1 saturated heterocycles. The van der Waals surface area contributed by atoms with Crippen molar-refractivity contribution in [2.45, 2.75) is 6.42 Å². The first-order valence-corrected chi connectivity index (χ1v) is 5.53. The molecule has 1 atom stereocenters. The third kappa shape index (κ3) is 2.15. The molecule has 0 bridgehead atoms. The molecule has 2 rings (SSSR count). The molecular formula is C10H14ClN3O. The van der Waals surface area contributed by atoms with Crippen molar-refractivity contribution in [1.82, 2.24) is 9.97 Å². The highest BCUT2D eigenvalue weighted by Gasteiger charge is 2.24. The van der Waals surface area contributed by atoms with Gasteiger partial charge in [-0.15, -0.1) is 11.6 Å². The molecule has 0 aliphatic carbocycles. The van der Waals surface area contributed by atoms with Gasteiger partial charge >= 0.3 is 0 Å². The van der Waals surface area contributed by atoms with Gasteiger partial charge in [0, 0.05) is 19.0 Å². The Kier molecular flexibility index (Phi) is 3.26. The molecular weight excluding hydrogens is 214 g/mol. The molecule has 0 spiro atoms. The monoisotopic (exact) mass is 227 g/mol. The summed E-state index contributed by atoms with van der Waals surface area (Å²) in [7, 11) is 1.64. The summed E-state index contributed by atoms with van der Waals surface area (Å²) in [6, 6.07) is 0. The molecule has 1 aliphatic rings. The minimum absolute atomic E-state index is 0.561. The van der Waals surface area contributed by atoms with Crippen molar-refractivity contribution in [3.63, 3.8) is 0 Å². The van der Waals surface area contributed by atoms with Crippen molar-refractivity contribution >= 4 is 17.4 Å². The Morgan fingerprint density at radius 1 is 1.67 bits per heavy atom. The Labute approximate surface area is 94.2 Å². The number of hydrogen-bond donors (Lipinski definition) is 0. The number of halogens is 1. The minimum atomic E-state index is 0.561. The molecule has 0 amide bonds. The first-order valence-electron chi connectivity index (χ1n) is 5.00. The number of rotatable bonds is 3. The van der Waals surface area contributed by atoms with Gasteiger partial charge in [-0.25, -0.2) is 9.97 Å². The van der Waals surface area contributed by atoms with Crippen LogP contribution in [0.5, 0.6) is 5.75 Å². The second-order valence-corrected chi connectivity index (χ2v) is 3.98. The van der Waals surface area contributed by atoms with Gasteiger partial charge in [-0.3, -0.25) is 0 Å². The highest BCUT2D eigenvalue weighted by molar-refractivity contribution is 6.18. The van der Waals surface area contributed by atoms with Crippen molar-refractivity contribution in [2.24, 2.45) is 5.92 Å². The van der Waals surface area contributed by atoms with Crippen molar-refractivity contribution in [3.8, 4) is 5.75 Å². The number of ether oxygens (including phenoxy) is 1. The fourth-order valence-corrected chi connectivity index (χ4v) is 2.09. The molecule has 0 saturated carbocycles. The summed E-state index contributed by atoms with van der Waals surface area (Å²) in [5.74, 6) is 2.88. The van der Waals surface area contributed by atoms with Crippen LogP contribution in [0.3, 0.4) is 0 Å². The minimum Gasteiger partial charge on any atom is -0.491 e. The number of methoxy groups -OCH3 is 1. The van der Waals surface area contributed by atoms with Crippen LogP contribution in [0, 0.1) is 5.92 Å². The summed E-state index contributed by atoms with van der Waals surface area (Å²) in [4.78, 5) is 10.4. The van der Waals surface area contributed by atoms with Crippen molar-refractivity contribution in [2.75, 3.05) is 31.0 Å². The van der Waals surface area contributed by atoms with Gasteiger partial charge in [-0.05, 0) is 12.3 Å². The molecule has 1 aromatic heterocycles. The zero-order valence-corrected chi connectivity index (χ0v) is 9.44. The standard InChI is InChI=1S/C10H14ClN3O/c1-15-9-5-12-7-13-10(9)14-3-2-8(4-11)6-14/h5,7-8H,2-4,6H2,1H3. The Morgan fingerprint density at radius 2 is 2.53 bits per heavy atom. The van der Waals surface area contributed by atoms with Gasteiger partial charge in [0.25, 0.3) is 0 Å². The topological polar surface area (TPSA) is 38.3 Å². The molecule has 4 nitrogen and oxygen atoms in total. The average Bonchev–Trinajstić information content (AvgIpc) is 2.77. The molecule has 2 heterocycles. The van der Waals surface area contributed by atoms with E-state index in [2.05, 4.69) is 14.9 Å². The van der Waals surface area contributed by atoms with Crippen LogP contribution in [-0.2, 0) is 0 Å². The molecule has 0 N–H and O–H groups in total. The number of hydrogen-bond acceptors (Lipinski definition) is 4. The molecule has 5 heteroatoms. The van der Waals surface area contributed by atoms with Crippen molar-refractivity contribution < 1.29 is 4.74 Å².